The van der Waals surface area contributed by atoms with Crippen molar-refractivity contribution in [2.75, 3.05) is 0 Å². The lowest BCUT2D eigenvalue weighted by Crippen LogP contribution is -2.52. The summed E-state index contributed by atoms with van der Waals surface area (Å²) in [6, 6.07) is -0.0447. The molecule has 4 unspecified atom stereocenters. The molecule has 90 valence electrons. The third-order valence-electron chi connectivity index (χ3n) is 4.08. The van der Waals surface area contributed by atoms with E-state index in [0.29, 0.717) is 0 Å². The normalized spacial score (nSPS) is 46.2. The van der Waals surface area contributed by atoms with Crippen LogP contribution in [-0.4, -0.2) is 28.5 Å². The minimum absolute atomic E-state index is 0.0151. The summed E-state index contributed by atoms with van der Waals surface area (Å²) < 4.78 is 0. The fourth-order valence-corrected chi connectivity index (χ4v) is 3.06. The maximum atomic E-state index is 10.6. The van der Waals surface area contributed by atoms with Crippen LogP contribution in [0.1, 0.15) is 26.7 Å². The number of aliphatic hydroxyl groups is 1. The Kier molecular flexibility index (Phi) is 2.89. The number of allylic oxidation sites excluding steroid dienone is 1. The molecule has 0 aromatic heterocycles. The number of aliphatic imine (C=N–C) groups is 1. The highest BCUT2D eigenvalue weighted by Crippen LogP contribution is 2.47. The molecular weight excluding hydrogens is 224 g/mol. The van der Waals surface area contributed by atoms with Crippen molar-refractivity contribution in [2.45, 2.75) is 43.8 Å². The summed E-state index contributed by atoms with van der Waals surface area (Å²) in [5.74, 6) is -0.0151. The minimum atomic E-state index is -1.09. The van der Waals surface area contributed by atoms with Gasteiger partial charge in [-0.25, -0.2) is 0 Å². The Labute approximate surface area is 101 Å². The Hall–Kier alpha value is -0.380. The largest absolute Gasteiger partial charge is 0.382 e. The lowest BCUT2D eigenvalue weighted by atomic mass is 9.77. The lowest BCUT2D eigenvalue weighted by Gasteiger charge is -2.39. The molecule has 0 bridgehead atoms. The lowest BCUT2D eigenvalue weighted by molar-refractivity contribution is 0.0146. The van der Waals surface area contributed by atoms with Gasteiger partial charge in [0.2, 0.25) is 0 Å². The van der Waals surface area contributed by atoms with Gasteiger partial charge < -0.3 is 10.8 Å². The fourth-order valence-electron chi connectivity index (χ4n) is 2.76. The number of nitrogens with two attached hydrogens (primary N) is 1. The molecule has 2 rings (SSSR count). The minimum Gasteiger partial charge on any atom is -0.382 e. The number of dihydropyridines is 1. The Morgan fingerprint density at radius 2 is 2.19 bits per heavy atom. The highest BCUT2D eigenvalue weighted by atomic mass is 35.5. The second-order valence-corrected chi connectivity index (χ2v) is 5.95. The first-order valence-corrected chi connectivity index (χ1v) is 6.14. The van der Waals surface area contributed by atoms with E-state index in [-0.39, 0.29) is 17.4 Å². The summed E-state index contributed by atoms with van der Waals surface area (Å²) in [7, 11) is 0. The van der Waals surface area contributed by atoms with E-state index in [1.807, 2.05) is 0 Å². The van der Waals surface area contributed by atoms with Crippen LogP contribution >= 0.6 is 11.6 Å². The molecule has 0 spiro atoms. The molecule has 16 heavy (non-hydrogen) atoms. The van der Waals surface area contributed by atoms with Gasteiger partial charge in [0.05, 0.1) is 0 Å². The van der Waals surface area contributed by atoms with E-state index in [1.54, 1.807) is 18.4 Å². The summed E-state index contributed by atoms with van der Waals surface area (Å²) in [4.78, 5) is 4.06. The summed E-state index contributed by atoms with van der Waals surface area (Å²) in [6.45, 7) is 4.28. The first-order chi connectivity index (χ1) is 7.38. The molecule has 3 N–H and O–H groups in total. The predicted molar refractivity (Wildman–Crippen MR) is 66.7 cm³/mol. The molecule has 4 atom stereocenters. The Morgan fingerprint density at radius 1 is 1.50 bits per heavy atom. The summed E-state index contributed by atoms with van der Waals surface area (Å²) in [6.07, 6.45) is 7.02. The molecule has 1 saturated carbocycles. The van der Waals surface area contributed by atoms with E-state index in [0.717, 1.165) is 12.8 Å². The van der Waals surface area contributed by atoms with Crippen LogP contribution in [0.3, 0.4) is 0 Å². The van der Waals surface area contributed by atoms with Crippen LogP contribution in [0, 0.1) is 11.3 Å². The summed E-state index contributed by atoms with van der Waals surface area (Å²) in [5.41, 5.74) is 4.58. The standard InChI is InChI=1S/C12H19ClN2O/c1-11(2)6-4-8(9(11)14)12(16)5-3-7-15-10(12)13/h3,5,7-10,16H,4,6,14H2,1-2H3. The average Bonchev–Trinajstić information content (AvgIpc) is 2.48. The van der Waals surface area contributed by atoms with Crippen molar-refractivity contribution in [1.82, 2.24) is 0 Å². The topological polar surface area (TPSA) is 58.6 Å². The molecule has 0 radical (unpaired) electrons. The molecular formula is C12H19ClN2O. The number of alkyl halides is 1. The molecule has 1 fully saturated rings. The van der Waals surface area contributed by atoms with Crippen LogP contribution in [0.2, 0.25) is 0 Å². The van der Waals surface area contributed by atoms with Crippen LogP contribution in [0.5, 0.6) is 0 Å². The summed E-state index contributed by atoms with van der Waals surface area (Å²) >= 11 is 6.11. The number of nitrogens with zero attached hydrogens (tertiary/aromatic N) is 1. The first-order valence-electron chi connectivity index (χ1n) is 5.71. The van der Waals surface area contributed by atoms with Gasteiger partial charge in [0.1, 0.15) is 5.60 Å². The molecule has 0 aromatic rings. The van der Waals surface area contributed by atoms with Gasteiger partial charge in [0, 0.05) is 18.2 Å². The number of hydrogen-bond donors (Lipinski definition) is 2. The zero-order valence-corrected chi connectivity index (χ0v) is 10.5. The van der Waals surface area contributed by atoms with Crippen LogP contribution in [0.15, 0.2) is 17.1 Å². The van der Waals surface area contributed by atoms with Gasteiger partial charge in [-0.05, 0) is 30.4 Å². The van der Waals surface area contributed by atoms with Gasteiger partial charge in [-0.3, -0.25) is 4.99 Å². The fraction of sp³-hybridized carbons (Fsp3) is 0.750. The van der Waals surface area contributed by atoms with Crippen LogP contribution < -0.4 is 5.73 Å². The molecule has 1 aliphatic heterocycles. The van der Waals surface area contributed by atoms with E-state index in [2.05, 4.69) is 18.8 Å². The molecule has 1 heterocycles. The molecule has 2 aliphatic rings. The van der Waals surface area contributed by atoms with E-state index in [1.165, 1.54) is 0 Å². The maximum absolute atomic E-state index is 10.6. The third-order valence-corrected chi connectivity index (χ3v) is 4.54. The van der Waals surface area contributed by atoms with Gasteiger partial charge in [-0.2, -0.15) is 0 Å². The van der Waals surface area contributed by atoms with Crippen molar-refractivity contribution in [3.63, 3.8) is 0 Å². The van der Waals surface area contributed by atoms with Crippen LogP contribution in [0.25, 0.3) is 0 Å². The molecule has 0 aromatic carbocycles. The van der Waals surface area contributed by atoms with Gasteiger partial charge in [-0.15, -0.1) is 0 Å². The maximum Gasteiger partial charge on any atom is 0.156 e. The van der Waals surface area contributed by atoms with Crippen molar-refractivity contribution in [2.24, 2.45) is 22.1 Å². The average molecular weight is 243 g/mol. The van der Waals surface area contributed by atoms with Crippen molar-refractivity contribution < 1.29 is 5.11 Å². The summed E-state index contributed by atoms with van der Waals surface area (Å²) in [5, 5.41) is 10.6. The van der Waals surface area contributed by atoms with Crippen molar-refractivity contribution in [3.05, 3.63) is 12.2 Å². The van der Waals surface area contributed by atoms with Gasteiger partial charge in [0.25, 0.3) is 0 Å². The van der Waals surface area contributed by atoms with E-state index >= 15 is 0 Å². The zero-order valence-electron chi connectivity index (χ0n) is 9.73. The monoisotopic (exact) mass is 242 g/mol. The van der Waals surface area contributed by atoms with E-state index < -0.39 is 11.1 Å². The predicted octanol–water partition coefficient (Wildman–Crippen LogP) is 1.69. The zero-order chi connectivity index (χ0) is 12.0. The van der Waals surface area contributed by atoms with Crippen LogP contribution in [0.4, 0.5) is 0 Å². The number of hydrogen-bond acceptors (Lipinski definition) is 3. The molecule has 1 aliphatic carbocycles. The molecule has 4 heteroatoms. The Bertz CT molecular complexity index is 340. The molecule has 0 amide bonds. The van der Waals surface area contributed by atoms with Crippen LogP contribution in [-0.2, 0) is 0 Å². The highest BCUT2D eigenvalue weighted by Gasteiger charge is 2.52. The van der Waals surface area contributed by atoms with Crippen molar-refractivity contribution in [3.8, 4) is 0 Å². The van der Waals surface area contributed by atoms with Crippen molar-refractivity contribution in [1.29, 1.82) is 0 Å². The second kappa shape index (κ2) is 3.83. The molecule has 3 nitrogen and oxygen atoms in total. The Balaban J connectivity index is 2.26. The van der Waals surface area contributed by atoms with Crippen molar-refractivity contribution >= 4 is 17.8 Å². The second-order valence-electron chi connectivity index (χ2n) is 5.54. The number of rotatable bonds is 1. The molecule has 0 saturated heterocycles. The van der Waals surface area contributed by atoms with Gasteiger partial charge in [-0.1, -0.05) is 25.4 Å². The highest BCUT2D eigenvalue weighted by molar-refractivity contribution is 6.22. The number of halogens is 1. The first kappa shape index (κ1) is 12.1. The Morgan fingerprint density at radius 3 is 2.69 bits per heavy atom. The van der Waals surface area contributed by atoms with Gasteiger partial charge >= 0.3 is 0 Å². The van der Waals surface area contributed by atoms with Gasteiger partial charge in [0.15, 0.2) is 5.50 Å². The van der Waals surface area contributed by atoms with E-state index in [9.17, 15) is 5.11 Å². The quantitative estimate of drug-likeness (QED) is 0.543. The SMILES string of the molecule is CC1(C)CCC(C2(O)C=CC=NC2Cl)C1N. The smallest absolute Gasteiger partial charge is 0.156 e. The van der Waals surface area contributed by atoms with E-state index in [4.69, 9.17) is 17.3 Å². The third kappa shape index (κ3) is 1.71.